The molecule has 0 bridgehead atoms. The van der Waals surface area contributed by atoms with Gasteiger partial charge in [-0.25, -0.2) is 9.78 Å². The first-order chi connectivity index (χ1) is 8.22. The van der Waals surface area contributed by atoms with Gasteiger partial charge in [-0.15, -0.1) is 0 Å². The van der Waals surface area contributed by atoms with Gasteiger partial charge in [-0.05, 0) is 19.1 Å². The van der Waals surface area contributed by atoms with Crippen molar-refractivity contribution >= 4 is 18.1 Å². The normalized spacial score (nSPS) is 13.1. The fraction of sp³-hybridized carbons (Fsp3) is 0.143. The van der Waals surface area contributed by atoms with E-state index in [9.17, 15) is 4.79 Å². The highest BCUT2D eigenvalue weighted by atomic mass is 16.5. The molecule has 0 saturated carbocycles. The van der Waals surface area contributed by atoms with Crippen LogP contribution < -0.4 is 10.6 Å². The first-order valence-corrected chi connectivity index (χ1v) is 5.24. The molecule has 88 valence electrons. The molecule has 0 saturated heterocycles. The van der Waals surface area contributed by atoms with E-state index in [1.807, 2.05) is 37.3 Å². The Labute approximate surface area is 100 Å². The summed E-state index contributed by atoms with van der Waals surface area (Å²) in [7, 11) is 1.34. The Hall–Kier alpha value is -2.16. The minimum atomic E-state index is -0.440. The minimum Gasteiger partial charge on any atom is -0.464 e. The van der Waals surface area contributed by atoms with E-state index in [2.05, 4.69) is 16.3 Å². The molecule has 0 unspecified atom stereocenters. The Morgan fingerprint density at radius 1 is 1.41 bits per heavy atom. The zero-order valence-corrected chi connectivity index (χ0v) is 10.0. The third-order valence-electron chi connectivity index (χ3n) is 2.10. The lowest BCUT2D eigenvalue weighted by molar-refractivity contribution is 0.0593. The highest BCUT2D eigenvalue weighted by Crippen LogP contribution is 1.90. The number of aromatic nitrogens is 1. The summed E-state index contributed by atoms with van der Waals surface area (Å²) >= 11 is 0. The second-order valence-corrected chi connectivity index (χ2v) is 3.26. The molecule has 0 aliphatic heterocycles. The Morgan fingerprint density at radius 2 is 2.18 bits per heavy atom. The van der Waals surface area contributed by atoms with Gasteiger partial charge in [0.05, 0.1) is 12.5 Å². The molecule has 1 aromatic heterocycles. The van der Waals surface area contributed by atoms with Crippen LogP contribution in [-0.4, -0.2) is 18.1 Å². The second-order valence-electron chi connectivity index (χ2n) is 3.26. The Bertz CT molecular complexity index is 556. The number of pyridine rings is 1. The average Bonchev–Trinajstić information content (AvgIpc) is 2.37. The van der Waals surface area contributed by atoms with Gasteiger partial charge in [-0.3, -0.25) is 0 Å². The van der Waals surface area contributed by atoms with Gasteiger partial charge >= 0.3 is 5.97 Å². The molecule has 0 aromatic carbocycles. The standard InChI is InChI=1S/C14H15NO2/c1-4-6-8-12-11(7-5-2)9-10-13(15-12)14(16)17-3/h4-10H,2H2,1,3H3/b6-4-,11-7-,12-8+. The minimum absolute atomic E-state index is 0.296. The smallest absolute Gasteiger partial charge is 0.356 e. The summed E-state index contributed by atoms with van der Waals surface area (Å²) in [6, 6.07) is 3.45. The molecule has 0 atom stereocenters. The van der Waals surface area contributed by atoms with E-state index in [0.717, 1.165) is 5.22 Å². The van der Waals surface area contributed by atoms with Crippen LogP contribution >= 0.6 is 0 Å². The number of nitrogens with zero attached hydrogens (tertiary/aromatic N) is 1. The largest absolute Gasteiger partial charge is 0.464 e. The lowest BCUT2D eigenvalue weighted by atomic mass is 10.2. The number of esters is 1. The molecule has 0 N–H and O–H groups in total. The zero-order valence-electron chi connectivity index (χ0n) is 10.0. The fourth-order valence-corrected chi connectivity index (χ4v) is 1.29. The number of allylic oxidation sites excluding steroid dienone is 3. The van der Waals surface area contributed by atoms with Gasteiger partial charge in [0.15, 0.2) is 0 Å². The van der Waals surface area contributed by atoms with Gasteiger partial charge in [-0.1, -0.05) is 36.9 Å². The second kappa shape index (κ2) is 6.43. The maximum atomic E-state index is 11.4. The van der Waals surface area contributed by atoms with Gasteiger partial charge in [0.25, 0.3) is 0 Å². The monoisotopic (exact) mass is 229 g/mol. The molecule has 1 rings (SSSR count). The number of carbonyl (C=O) groups is 1. The number of hydrogen-bond donors (Lipinski definition) is 0. The third-order valence-corrected chi connectivity index (χ3v) is 2.10. The predicted octanol–water partition coefficient (Wildman–Crippen LogP) is 1.19. The van der Waals surface area contributed by atoms with Crippen LogP contribution in [0.1, 0.15) is 17.4 Å². The SMILES string of the molecule is C=C/C=c1/ccc(C(=O)OC)n/c1=C/C=C\C. The quantitative estimate of drug-likeness (QED) is 0.731. The molecule has 17 heavy (non-hydrogen) atoms. The third kappa shape index (κ3) is 3.41. The topological polar surface area (TPSA) is 39.2 Å². The number of hydrogen-bond acceptors (Lipinski definition) is 3. The van der Waals surface area contributed by atoms with Crippen molar-refractivity contribution in [1.82, 2.24) is 4.98 Å². The molecule has 0 fully saturated rings. The van der Waals surface area contributed by atoms with Crippen molar-refractivity contribution in [1.29, 1.82) is 0 Å². The van der Waals surface area contributed by atoms with Crippen molar-refractivity contribution in [2.24, 2.45) is 0 Å². The van der Waals surface area contributed by atoms with Crippen molar-refractivity contribution in [2.45, 2.75) is 6.92 Å². The highest BCUT2D eigenvalue weighted by molar-refractivity contribution is 5.87. The number of rotatable bonds is 3. The van der Waals surface area contributed by atoms with E-state index in [-0.39, 0.29) is 0 Å². The fourth-order valence-electron chi connectivity index (χ4n) is 1.29. The van der Waals surface area contributed by atoms with E-state index in [4.69, 9.17) is 0 Å². The van der Waals surface area contributed by atoms with Crippen molar-refractivity contribution in [3.8, 4) is 0 Å². The molecule has 3 heteroatoms. The molecule has 0 aliphatic rings. The molecular formula is C14H15NO2. The van der Waals surface area contributed by atoms with Crippen molar-refractivity contribution < 1.29 is 9.53 Å². The maximum Gasteiger partial charge on any atom is 0.356 e. The summed E-state index contributed by atoms with van der Waals surface area (Å²) in [6.45, 7) is 5.56. The summed E-state index contributed by atoms with van der Waals surface area (Å²) in [5.74, 6) is -0.440. The zero-order chi connectivity index (χ0) is 12.7. The van der Waals surface area contributed by atoms with E-state index in [1.54, 1.807) is 12.1 Å². The van der Waals surface area contributed by atoms with E-state index >= 15 is 0 Å². The summed E-state index contributed by atoms with van der Waals surface area (Å²) < 4.78 is 4.63. The predicted molar refractivity (Wildman–Crippen MR) is 68.8 cm³/mol. The molecule has 1 heterocycles. The molecule has 0 radical (unpaired) electrons. The Kier molecular flexibility index (Phi) is 4.88. The highest BCUT2D eigenvalue weighted by Gasteiger charge is 2.05. The summed E-state index contributed by atoms with van der Waals surface area (Å²) in [5.41, 5.74) is 0.296. The van der Waals surface area contributed by atoms with Gasteiger partial charge in [0.2, 0.25) is 0 Å². The molecule has 0 amide bonds. The van der Waals surface area contributed by atoms with Gasteiger partial charge in [0, 0.05) is 5.22 Å². The van der Waals surface area contributed by atoms with E-state index in [0.29, 0.717) is 11.0 Å². The van der Waals surface area contributed by atoms with Crippen molar-refractivity contribution in [3.63, 3.8) is 0 Å². The number of ether oxygens (including phenoxy) is 1. The van der Waals surface area contributed by atoms with Crippen LogP contribution in [0, 0.1) is 0 Å². The summed E-state index contributed by atoms with van der Waals surface area (Å²) in [4.78, 5) is 15.6. The van der Waals surface area contributed by atoms with Crippen molar-refractivity contribution in [2.75, 3.05) is 7.11 Å². The number of methoxy groups -OCH3 is 1. The number of carbonyl (C=O) groups excluding carboxylic acids is 1. The summed E-state index contributed by atoms with van der Waals surface area (Å²) in [6.07, 6.45) is 9.11. The first kappa shape index (κ1) is 12.9. The average molecular weight is 229 g/mol. The molecule has 0 spiro atoms. The van der Waals surface area contributed by atoms with Gasteiger partial charge in [-0.2, -0.15) is 0 Å². The molecule has 1 aromatic rings. The van der Waals surface area contributed by atoms with Crippen LogP contribution in [-0.2, 0) is 4.74 Å². The Morgan fingerprint density at radius 3 is 2.76 bits per heavy atom. The maximum absolute atomic E-state index is 11.4. The Balaban J connectivity index is 3.45. The van der Waals surface area contributed by atoms with E-state index < -0.39 is 5.97 Å². The van der Waals surface area contributed by atoms with Crippen LogP contribution in [0.4, 0.5) is 0 Å². The van der Waals surface area contributed by atoms with Gasteiger partial charge in [0.1, 0.15) is 5.69 Å². The van der Waals surface area contributed by atoms with Crippen LogP contribution in [0.3, 0.4) is 0 Å². The first-order valence-electron chi connectivity index (χ1n) is 5.24. The van der Waals surface area contributed by atoms with Gasteiger partial charge < -0.3 is 4.74 Å². The lowest BCUT2D eigenvalue weighted by Gasteiger charge is -1.97. The van der Waals surface area contributed by atoms with Crippen LogP contribution in [0.5, 0.6) is 0 Å². The van der Waals surface area contributed by atoms with Crippen LogP contribution in [0.2, 0.25) is 0 Å². The van der Waals surface area contributed by atoms with E-state index in [1.165, 1.54) is 7.11 Å². The lowest BCUT2D eigenvalue weighted by Crippen LogP contribution is -2.29. The summed E-state index contributed by atoms with van der Waals surface area (Å²) in [5, 5.41) is 1.62. The molecule has 3 nitrogen and oxygen atoms in total. The molecule has 0 aliphatic carbocycles. The van der Waals surface area contributed by atoms with Crippen LogP contribution in [0.15, 0.2) is 36.9 Å². The van der Waals surface area contributed by atoms with Crippen LogP contribution in [0.25, 0.3) is 12.2 Å². The molecular weight excluding hydrogens is 214 g/mol. The van der Waals surface area contributed by atoms with Crippen molar-refractivity contribution in [3.05, 3.63) is 53.2 Å².